The predicted molar refractivity (Wildman–Crippen MR) is 83.4 cm³/mol. The van der Waals surface area contributed by atoms with Crippen LogP contribution in [-0.2, 0) is 9.84 Å². The highest BCUT2D eigenvalue weighted by atomic mass is 32.2. The maximum absolute atomic E-state index is 11.1. The van der Waals surface area contributed by atoms with E-state index in [0.717, 1.165) is 6.26 Å². The van der Waals surface area contributed by atoms with E-state index in [1.165, 1.54) is 36.4 Å². The van der Waals surface area contributed by atoms with Gasteiger partial charge in [0.25, 0.3) is 5.69 Å². The summed E-state index contributed by atoms with van der Waals surface area (Å²) >= 11 is 0. The third kappa shape index (κ3) is 5.44. The van der Waals surface area contributed by atoms with Crippen LogP contribution < -0.4 is 0 Å². The van der Waals surface area contributed by atoms with Gasteiger partial charge in [0.15, 0.2) is 16.1 Å². The standard InChI is InChI=1S/C8H8O3S.C7H5NO3/c1-12(10,11)8-5-3-2-4-7(8)6-9;9-5-6-2-1-3-7(4-6)8(10)11/h2-6H,1H3;1-5H. The van der Waals surface area contributed by atoms with Crippen LogP contribution in [0.25, 0.3) is 0 Å². The number of carbonyl (C=O) groups excluding carboxylic acids is 2. The monoisotopic (exact) mass is 335 g/mol. The zero-order valence-electron chi connectivity index (χ0n) is 12.1. The van der Waals surface area contributed by atoms with Gasteiger partial charge in [0.05, 0.1) is 9.82 Å². The minimum atomic E-state index is -3.28. The molecule has 0 aliphatic carbocycles. The number of non-ortho nitro benzene ring substituents is 1. The maximum atomic E-state index is 11.1. The van der Waals surface area contributed by atoms with Crippen LogP contribution in [0.1, 0.15) is 20.7 Å². The SMILES string of the molecule is CS(=O)(=O)c1ccccc1C=O.O=Cc1cccc([N+](=O)[O-])c1. The number of nitro groups is 1. The summed E-state index contributed by atoms with van der Waals surface area (Å²) in [6.45, 7) is 0. The fourth-order valence-corrected chi connectivity index (χ4v) is 2.50. The normalized spacial score (nSPS) is 10.1. The minimum absolute atomic E-state index is 0.0606. The molecule has 2 rings (SSSR count). The number of hydrogen-bond acceptors (Lipinski definition) is 6. The summed E-state index contributed by atoms with van der Waals surface area (Å²) in [5, 5.41) is 10.2. The van der Waals surface area contributed by atoms with Crippen LogP contribution in [0.15, 0.2) is 53.4 Å². The molecule has 23 heavy (non-hydrogen) atoms. The van der Waals surface area contributed by atoms with Crippen LogP contribution in [0.4, 0.5) is 5.69 Å². The number of nitro benzene ring substituents is 1. The molecule has 0 saturated carbocycles. The van der Waals surface area contributed by atoms with Crippen LogP contribution in [0.2, 0.25) is 0 Å². The van der Waals surface area contributed by atoms with Crippen molar-refractivity contribution in [2.75, 3.05) is 6.26 Å². The van der Waals surface area contributed by atoms with E-state index in [0.29, 0.717) is 18.1 Å². The summed E-state index contributed by atoms with van der Waals surface area (Å²) in [5.74, 6) is 0. The lowest BCUT2D eigenvalue weighted by Crippen LogP contribution is -2.00. The van der Waals surface area contributed by atoms with Crippen molar-refractivity contribution in [1.82, 2.24) is 0 Å². The zero-order valence-corrected chi connectivity index (χ0v) is 12.9. The average Bonchev–Trinajstić information content (AvgIpc) is 2.54. The Morgan fingerprint density at radius 1 is 1.00 bits per heavy atom. The second-order valence-corrected chi connectivity index (χ2v) is 6.38. The van der Waals surface area contributed by atoms with E-state index in [1.807, 2.05) is 0 Å². The van der Waals surface area contributed by atoms with Gasteiger partial charge in [-0.3, -0.25) is 19.7 Å². The molecule has 2 aromatic carbocycles. The Bertz CT molecular complexity index is 829. The Morgan fingerprint density at radius 2 is 1.65 bits per heavy atom. The van der Waals surface area contributed by atoms with Crippen molar-refractivity contribution in [3.63, 3.8) is 0 Å². The number of rotatable bonds is 4. The quantitative estimate of drug-likeness (QED) is 0.481. The highest BCUT2D eigenvalue weighted by Crippen LogP contribution is 2.12. The molecule has 0 aliphatic rings. The smallest absolute Gasteiger partial charge is 0.270 e. The van der Waals surface area contributed by atoms with Crippen LogP contribution >= 0.6 is 0 Å². The molecule has 0 amide bonds. The van der Waals surface area contributed by atoms with Crippen molar-refractivity contribution < 1.29 is 22.9 Å². The van der Waals surface area contributed by atoms with E-state index in [4.69, 9.17) is 0 Å². The van der Waals surface area contributed by atoms with E-state index in [-0.39, 0.29) is 16.1 Å². The first-order valence-electron chi connectivity index (χ1n) is 6.23. The number of sulfone groups is 1. The van der Waals surface area contributed by atoms with E-state index in [2.05, 4.69) is 0 Å². The van der Waals surface area contributed by atoms with Gasteiger partial charge in [0.2, 0.25) is 0 Å². The largest absolute Gasteiger partial charge is 0.298 e. The fraction of sp³-hybridized carbons (Fsp3) is 0.0667. The summed E-state index contributed by atoms with van der Waals surface area (Å²) in [5.41, 5.74) is 0.466. The van der Waals surface area contributed by atoms with Crippen LogP contribution in [0, 0.1) is 10.1 Å². The Kier molecular flexibility index (Phi) is 6.28. The lowest BCUT2D eigenvalue weighted by molar-refractivity contribution is -0.384. The summed E-state index contributed by atoms with van der Waals surface area (Å²) in [7, 11) is -3.28. The van der Waals surface area contributed by atoms with Crippen molar-refractivity contribution in [2.24, 2.45) is 0 Å². The zero-order chi connectivity index (χ0) is 17.5. The number of hydrogen-bond donors (Lipinski definition) is 0. The molecule has 120 valence electrons. The number of benzene rings is 2. The third-order valence-corrected chi connectivity index (χ3v) is 3.83. The highest BCUT2D eigenvalue weighted by Gasteiger charge is 2.10. The average molecular weight is 335 g/mol. The van der Waals surface area contributed by atoms with Crippen molar-refractivity contribution >= 4 is 28.1 Å². The fourth-order valence-electron chi connectivity index (χ4n) is 1.63. The molecule has 0 radical (unpaired) electrons. The van der Waals surface area contributed by atoms with Gasteiger partial charge in [0, 0.05) is 29.5 Å². The molecule has 0 fully saturated rings. The van der Waals surface area contributed by atoms with Gasteiger partial charge >= 0.3 is 0 Å². The topological polar surface area (TPSA) is 111 Å². The lowest BCUT2D eigenvalue weighted by Gasteiger charge is -1.99. The molecule has 0 atom stereocenters. The molecule has 0 unspecified atom stereocenters. The maximum Gasteiger partial charge on any atom is 0.270 e. The first kappa shape index (κ1) is 18.2. The lowest BCUT2D eigenvalue weighted by atomic mass is 10.2. The molecule has 8 heteroatoms. The van der Waals surface area contributed by atoms with Crippen LogP contribution in [0.3, 0.4) is 0 Å². The first-order valence-corrected chi connectivity index (χ1v) is 8.12. The van der Waals surface area contributed by atoms with Crippen molar-refractivity contribution in [3.8, 4) is 0 Å². The molecule has 0 bridgehead atoms. The highest BCUT2D eigenvalue weighted by molar-refractivity contribution is 7.90. The molecule has 7 nitrogen and oxygen atoms in total. The predicted octanol–water partition coefficient (Wildman–Crippen LogP) is 2.31. The second-order valence-electron chi connectivity index (χ2n) is 4.40. The molecule has 0 spiro atoms. The van der Waals surface area contributed by atoms with Gasteiger partial charge < -0.3 is 0 Å². The number of carbonyl (C=O) groups is 2. The Hall–Kier alpha value is -2.87. The van der Waals surface area contributed by atoms with Gasteiger partial charge in [-0.05, 0) is 6.07 Å². The van der Waals surface area contributed by atoms with Gasteiger partial charge in [-0.2, -0.15) is 0 Å². The van der Waals surface area contributed by atoms with Gasteiger partial charge in [-0.1, -0.05) is 30.3 Å². The Morgan fingerprint density at radius 3 is 2.13 bits per heavy atom. The van der Waals surface area contributed by atoms with Crippen LogP contribution in [0.5, 0.6) is 0 Å². The molecular weight excluding hydrogens is 322 g/mol. The van der Waals surface area contributed by atoms with Crippen molar-refractivity contribution in [2.45, 2.75) is 4.90 Å². The van der Waals surface area contributed by atoms with E-state index in [1.54, 1.807) is 12.1 Å². The van der Waals surface area contributed by atoms with Gasteiger partial charge in [0.1, 0.15) is 6.29 Å². The molecule has 0 aliphatic heterocycles. The Labute approximate surface area is 132 Å². The van der Waals surface area contributed by atoms with Crippen molar-refractivity contribution in [1.29, 1.82) is 0 Å². The molecule has 0 N–H and O–H groups in total. The van der Waals surface area contributed by atoms with Crippen molar-refractivity contribution in [3.05, 3.63) is 69.8 Å². The summed E-state index contributed by atoms with van der Waals surface area (Å²) in [4.78, 5) is 30.3. The van der Waals surface area contributed by atoms with Gasteiger partial charge in [-0.25, -0.2) is 8.42 Å². The second kappa shape index (κ2) is 7.95. The van der Waals surface area contributed by atoms with Crippen LogP contribution in [-0.4, -0.2) is 32.2 Å². The summed E-state index contributed by atoms with van der Waals surface area (Å²) in [6, 6.07) is 11.7. The molecule has 2 aromatic rings. The molecule has 0 heterocycles. The van der Waals surface area contributed by atoms with E-state index < -0.39 is 14.8 Å². The number of nitrogens with zero attached hydrogens (tertiary/aromatic N) is 1. The minimum Gasteiger partial charge on any atom is -0.298 e. The first-order chi connectivity index (χ1) is 10.8. The Balaban J connectivity index is 0.000000231. The third-order valence-electron chi connectivity index (χ3n) is 2.66. The number of aldehydes is 2. The summed E-state index contributed by atoms with van der Waals surface area (Å²) < 4.78 is 22.1. The molecular formula is C15H13NO6S. The van der Waals surface area contributed by atoms with E-state index >= 15 is 0 Å². The summed E-state index contributed by atoms with van der Waals surface area (Å²) in [6.07, 6.45) is 2.19. The molecule has 0 saturated heterocycles. The van der Waals surface area contributed by atoms with E-state index in [9.17, 15) is 28.1 Å². The van der Waals surface area contributed by atoms with Gasteiger partial charge in [-0.15, -0.1) is 0 Å². The molecule has 0 aromatic heterocycles.